The highest BCUT2D eigenvalue weighted by molar-refractivity contribution is 7.98. The molecule has 0 unspecified atom stereocenters. The molecule has 0 saturated carbocycles. The Morgan fingerprint density at radius 3 is 2.42 bits per heavy atom. The van der Waals surface area contributed by atoms with Crippen LogP contribution >= 0.6 is 11.9 Å². The minimum absolute atomic E-state index is 0.209. The Morgan fingerprint density at radius 1 is 1.00 bits per heavy atom. The van der Waals surface area contributed by atoms with E-state index in [0.717, 1.165) is 23.1 Å². The van der Waals surface area contributed by atoms with Crippen molar-refractivity contribution in [1.29, 1.82) is 0 Å². The summed E-state index contributed by atoms with van der Waals surface area (Å²) in [6, 6.07) is 12.5. The highest BCUT2D eigenvalue weighted by atomic mass is 32.2. The van der Waals surface area contributed by atoms with Crippen LogP contribution in [0.2, 0.25) is 0 Å². The summed E-state index contributed by atoms with van der Waals surface area (Å²) in [4.78, 5) is 21.9. The molecule has 4 aromatic rings. The minimum Gasteiger partial charge on any atom is -0.495 e. The van der Waals surface area contributed by atoms with Crippen molar-refractivity contribution in [3.8, 4) is 29.2 Å². The SMILES string of the molecule is COc1cc(C#Cc2cccnc2)cc(OC)c1SNC(=O)c1ccc(Cn2cccn2)c(OC)n1. The minimum atomic E-state index is -0.395. The maximum atomic E-state index is 12.9. The van der Waals surface area contributed by atoms with Crippen molar-refractivity contribution in [2.45, 2.75) is 11.4 Å². The van der Waals surface area contributed by atoms with Crippen molar-refractivity contribution < 1.29 is 19.0 Å². The van der Waals surface area contributed by atoms with Crippen LogP contribution in [0.3, 0.4) is 0 Å². The van der Waals surface area contributed by atoms with Crippen LogP contribution in [0, 0.1) is 11.8 Å². The number of hydrogen-bond donors (Lipinski definition) is 1. The van der Waals surface area contributed by atoms with Crippen LogP contribution in [-0.4, -0.2) is 47.0 Å². The van der Waals surface area contributed by atoms with Gasteiger partial charge in [0.2, 0.25) is 5.88 Å². The van der Waals surface area contributed by atoms with Gasteiger partial charge < -0.3 is 14.2 Å². The zero-order valence-electron chi connectivity index (χ0n) is 19.9. The summed E-state index contributed by atoms with van der Waals surface area (Å²) in [5.74, 6) is 7.12. The lowest BCUT2D eigenvalue weighted by Gasteiger charge is -2.14. The van der Waals surface area contributed by atoms with Crippen LogP contribution in [0.25, 0.3) is 0 Å². The van der Waals surface area contributed by atoms with E-state index in [1.54, 1.807) is 61.8 Å². The summed E-state index contributed by atoms with van der Waals surface area (Å²) in [7, 11) is 4.60. The Bertz CT molecular complexity index is 1370. The molecule has 0 fully saturated rings. The van der Waals surface area contributed by atoms with Gasteiger partial charge in [-0.05, 0) is 54.4 Å². The summed E-state index contributed by atoms with van der Waals surface area (Å²) in [5.41, 5.74) is 2.50. The topological polar surface area (TPSA) is 100 Å². The monoisotopic (exact) mass is 501 g/mol. The predicted octanol–water partition coefficient (Wildman–Crippen LogP) is 3.58. The highest BCUT2D eigenvalue weighted by Gasteiger charge is 2.17. The van der Waals surface area contributed by atoms with Crippen molar-refractivity contribution in [3.63, 3.8) is 0 Å². The van der Waals surface area contributed by atoms with E-state index < -0.39 is 5.91 Å². The normalized spacial score (nSPS) is 10.2. The fourth-order valence-electron chi connectivity index (χ4n) is 3.24. The number of carbonyl (C=O) groups is 1. The number of carbonyl (C=O) groups excluding carboxylic acids is 1. The van der Waals surface area contributed by atoms with Gasteiger partial charge in [0.25, 0.3) is 5.91 Å². The van der Waals surface area contributed by atoms with Crippen LogP contribution in [0.1, 0.15) is 27.2 Å². The van der Waals surface area contributed by atoms with E-state index in [2.05, 4.69) is 31.6 Å². The standard InChI is InChI=1S/C26H23N5O4S/c1-33-22-14-19(8-7-18-6-4-11-27-16-18)15-23(34-2)24(22)36-30-25(32)21-10-9-20(26(29-21)35-3)17-31-13-5-12-28-31/h4-6,9-16H,17H2,1-3H3,(H,30,32). The molecule has 0 radical (unpaired) electrons. The molecule has 4 rings (SSSR count). The van der Waals surface area contributed by atoms with E-state index in [-0.39, 0.29) is 5.69 Å². The van der Waals surface area contributed by atoms with Gasteiger partial charge in [0.1, 0.15) is 22.1 Å². The van der Waals surface area contributed by atoms with Crippen molar-refractivity contribution in [2.75, 3.05) is 21.3 Å². The number of amides is 1. The summed E-state index contributed by atoms with van der Waals surface area (Å²) < 4.78 is 21.0. The molecular formula is C26H23N5O4S. The number of ether oxygens (including phenoxy) is 3. The molecule has 0 aliphatic rings. The average molecular weight is 502 g/mol. The molecule has 0 aliphatic heterocycles. The Kier molecular flexibility index (Phi) is 8.05. The number of methoxy groups -OCH3 is 3. The van der Waals surface area contributed by atoms with Crippen LogP contribution in [0.5, 0.6) is 17.4 Å². The average Bonchev–Trinajstić information content (AvgIpc) is 3.44. The van der Waals surface area contributed by atoms with E-state index in [1.165, 1.54) is 7.11 Å². The van der Waals surface area contributed by atoms with Gasteiger partial charge in [-0.25, -0.2) is 4.98 Å². The molecule has 36 heavy (non-hydrogen) atoms. The second-order valence-electron chi connectivity index (χ2n) is 7.30. The highest BCUT2D eigenvalue weighted by Crippen LogP contribution is 2.37. The summed E-state index contributed by atoms with van der Waals surface area (Å²) in [6.45, 7) is 0.476. The molecule has 3 aromatic heterocycles. The first-order valence-corrected chi connectivity index (χ1v) is 11.6. The van der Waals surface area contributed by atoms with Crippen LogP contribution in [0.4, 0.5) is 0 Å². The third-order valence-electron chi connectivity index (χ3n) is 4.98. The largest absolute Gasteiger partial charge is 0.495 e. The number of pyridine rings is 2. The van der Waals surface area contributed by atoms with Crippen molar-refractivity contribution in [2.24, 2.45) is 0 Å². The summed E-state index contributed by atoms with van der Waals surface area (Å²) in [6.07, 6.45) is 6.92. The molecule has 1 N–H and O–H groups in total. The molecule has 0 atom stereocenters. The third-order valence-corrected chi connectivity index (χ3v) is 5.87. The number of hydrogen-bond acceptors (Lipinski definition) is 8. The van der Waals surface area contributed by atoms with E-state index in [4.69, 9.17) is 14.2 Å². The lowest BCUT2D eigenvalue weighted by atomic mass is 10.2. The Labute approximate surface area is 213 Å². The molecule has 1 amide bonds. The van der Waals surface area contributed by atoms with Gasteiger partial charge in [-0.3, -0.25) is 19.2 Å². The Balaban J connectivity index is 1.51. The smallest absolute Gasteiger partial charge is 0.280 e. The number of benzene rings is 1. The second kappa shape index (κ2) is 11.8. The molecule has 0 saturated heterocycles. The second-order valence-corrected chi connectivity index (χ2v) is 8.12. The van der Waals surface area contributed by atoms with Gasteiger partial charge in [0.15, 0.2) is 0 Å². The van der Waals surface area contributed by atoms with Crippen LogP contribution in [0.15, 0.2) is 72.1 Å². The van der Waals surface area contributed by atoms with E-state index >= 15 is 0 Å². The molecule has 9 nitrogen and oxygen atoms in total. The first kappa shape index (κ1) is 24.6. The van der Waals surface area contributed by atoms with E-state index in [1.807, 2.05) is 24.4 Å². The zero-order chi connectivity index (χ0) is 25.3. The molecule has 3 heterocycles. The lowest BCUT2D eigenvalue weighted by molar-refractivity contribution is 0.0978. The molecule has 182 valence electrons. The number of rotatable bonds is 8. The summed E-state index contributed by atoms with van der Waals surface area (Å²) in [5, 5.41) is 4.19. The van der Waals surface area contributed by atoms with Gasteiger partial charge >= 0.3 is 0 Å². The van der Waals surface area contributed by atoms with E-state index in [0.29, 0.717) is 34.4 Å². The number of nitrogens with zero attached hydrogens (tertiary/aromatic N) is 4. The fraction of sp³-hybridized carbons (Fsp3) is 0.154. The maximum absolute atomic E-state index is 12.9. The van der Waals surface area contributed by atoms with Crippen molar-refractivity contribution in [1.82, 2.24) is 24.5 Å². The molecule has 10 heteroatoms. The molecular weight excluding hydrogens is 478 g/mol. The van der Waals surface area contributed by atoms with E-state index in [9.17, 15) is 4.79 Å². The third kappa shape index (κ3) is 5.95. The number of aromatic nitrogens is 4. The molecule has 0 spiro atoms. The van der Waals surface area contributed by atoms with Gasteiger partial charge in [0.05, 0.1) is 27.9 Å². The summed E-state index contributed by atoms with van der Waals surface area (Å²) >= 11 is 1.07. The van der Waals surface area contributed by atoms with Gasteiger partial charge in [0, 0.05) is 41.5 Å². The maximum Gasteiger partial charge on any atom is 0.280 e. The van der Waals surface area contributed by atoms with Gasteiger partial charge in [-0.1, -0.05) is 11.8 Å². The molecule has 0 bridgehead atoms. The fourth-order valence-corrected chi connectivity index (χ4v) is 4.03. The molecule has 0 aliphatic carbocycles. The Morgan fingerprint density at radius 2 is 1.78 bits per heavy atom. The first-order chi connectivity index (χ1) is 17.6. The van der Waals surface area contributed by atoms with Crippen LogP contribution in [-0.2, 0) is 6.54 Å². The first-order valence-electron chi connectivity index (χ1n) is 10.8. The predicted molar refractivity (Wildman–Crippen MR) is 135 cm³/mol. The molecule has 1 aromatic carbocycles. The van der Waals surface area contributed by atoms with Crippen molar-refractivity contribution >= 4 is 17.9 Å². The van der Waals surface area contributed by atoms with Gasteiger partial charge in [-0.2, -0.15) is 5.10 Å². The lowest BCUT2D eigenvalue weighted by Crippen LogP contribution is -2.18. The number of nitrogens with one attached hydrogen (secondary N) is 1. The van der Waals surface area contributed by atoms with Crippen molar-refractivity contribution in [3.05, 3.63) is 89.6 Å². The Hall–Kier alpha value is -4.49. The zero-order valence-corrected chi connectivity index (χ0v) is 20.7. The quantitative estimate of drug-likeness (QED) is 0.289. The van der Waals surface area contributed by atoms with Crippen LogP contribution < -0.4 is 18.9 Å². The van der Waals surface area contributed by atoms with Gasteiger partial charge in [-0.15, -0.1) is 0 Å².